The molecule has 77 valence electrons. The third kappa shape index (κ3) is 4.41. The Labute approximate surface area is 81.7 Å². The van der Waals surface area contributed by atoms with Gasteiger partial charge in [0.15, 0.2) is 0 Å². The van der Waals surface area contributed by atoms with Gasteiger partial charge in [0.25, 0.3) is 0 Å². The number of hydrogen-bond acceptors (Lipinski definition) is 2. The number of rotatable bonds is 8. The Morgan fingerprint density at radius 3 is 2.15 bits per heavy atom. The molecule has 0 aromatic carbocycles. The summed E-state index contributed by atoms with van der Waals surface area (Å²) in [6, 6.07) is 0. The topological polar surface area (TPSA) is 26.3 Å². The highest BCUT2D eigenvalue weighted by Gasteiger charge is 2.26. The van der Waals surface area contributed by atoms with Gasteiger partial charge in [-0.05, 0) is 19.3 Å². The first kappa shape index (κ1) is 12.6. The summed E-state index contributed by atoms with van der Waals surface area (Å²) in [4.78, 5) is 10.7. The van der Waals surface area contributed by atoms with Crippen molar-refractivity contribution in [1.29, 1.82) is 0 Å². The van der Waals surface area contributed by atoms with Crippen LogP contribution in [0.25, 0.3) is 0 Å². The van der Waals surface area contributed by atoms with Gasteiger partial charge >= 0.3 is 0 Å². The fourth-order valence-corrected chi connectivity index (χ4v) is 1.25. The van der Waals surface area contributed by atoms with Crippen LogP contribution in [0.1, 0.15) is 52.9 Å². The molecular formula is C11H21O2. The van der Waals surface area contributed by atoms with Crippen molar-refractivity contribution in [1.82, 2.24) is 0 Å². The molecular weight excluding hydrogens is 164 g/mol. The minimum absolute atomic E-state index is 0.631. The Bertz CT molecular complexity index is 128. The van der Waals surface area contributed by atoms with Crippen molar-refractivity contribution < 1.29 is 9.53 Å². The number of unbranched alkanes of at least 4 members (excludes halogenated alkanes) is 2. The summed E-state index contributed by atoms with van der Waals surface area (Å²) in [5, 5.41) is 0. The van der Waals surface area contributed by atoms with Gasteiger partial charge in [-0.1, -0.05) is 33.6 Å². The largest absolute Gasteiger partial charge is 0.367 e. The van der Waals surface area contributed by atoms with Crippen molar-refractivity contribution in [2.45, 2.75) is 58.5 Å². The van der Waals surface area contributed by atoms with Crippen molar-refractivity contribution in [3.8, 4) is 0 Å². The summed E-state index contributed by atoms with van der Waals surface area (Å²) in [6.07, 6.45) is 6.85. The van der Waals surface area contributed by atoms with Gasteiger partial charge in [-0.2, -0.15) is 0 Å². The van der Waals surface area contributed by atoms with Crippen LogP contribution in [0.5, 0.6) is 0 Å². The number of ether oxygens (including phenoxy) is 1. The third-order valence-corrected chi connectivity index (χ3v) is 2.45. The van der Waals surface area contributed by atoms with Crippen molar-refractivity contribution >= 4 is 6.29 Å². The van der Waals surface area contributed by atoms with Crippen LogP contribution in [0.3, 0.4) is 0 Å². The molecule has 0 aliphatic heterocycles. The zero-order valence-electron chi connectivity index (χ0n) is 9.06. The van der Waals surface area contributed by atoms with E-state index in [4.69, 9.17) is 4.74 Å². The van der Waals surface area contributed by atoms with Crippen LogP contribution in [-0.2, 0) is 9.53 Å². The Morgan fingerprint density at radius 1 is 1.15 bits per heavy atom. The molecule has 0 aliphatic rings. The van der Waals surface area contributed by atoms with Gasteiger partial charge in [-0.25, -0.2) is 0 Å². The molecule has 0 aliphatic carbocycles. The fourth-order valence-electron chi connectivity index (χ4n) is 1.25. The van der Waals surface area contributed by atoms with Gasteiger partial charge in [-0.15, -0.1) is 0 Å². The van der Waals surface area contributed by atoms with E-state index in [1.54, 1.807) is 0 Å². The summed E-state index contributed by atoms with van der Waals surface area (Å²) in [7, 11) is 0. The molecule has 13 heavy (non-hydrogen) atoms. The molecule has 0 bridgehead atoms. The fraction of sp³-hybridized carbons (Fsp3) is 0.909. The van der Waals surface area contributed by atoms with Crippen LogP contribution in [0, 0.1) is 0 Å². The van der Waals surface area contributed by atoms with Gasteiger partial charge < -0.3 is 4.74 Å². The van der Waals surface area contributed by atoms with Crippen molar-refractivity contribution in [2.75, 3.05) is 6.61 Å². The van der Waals surface area contributed by atoms with Gasteiger partial charge in [0.05, 0.1) is 0 Å². The lowest BCUT2D eigenvalue weighted by Gasteiger charge is -2.24. The maximum Gasteiger partial charge on any atom is 0.233 e. The number of carbonyl (C=O) groups excluding carboxylic acids is 1. The quantitative estimate of drug-likeness (QED) is 0.543. The standard InChI is InChI=1S/C11H21O2/c1-4-7-8-9-13-11(5-2,6-3)10-12/h4-9H2,1-3H3. The van der Waals surface area contributed by atoms with Crippen molar-refractivity contribution in [2.24, 2.45) is 0 Å². The SMILES string of the molecule is CCCCCOC([C]=O)(CC)CC. The Hall–Kier alpha value is -0.370. The maximum absolute atomic E-state index is 10.7. The zero-order valence-corrected chi connectivity index (χ0v) is 9.06. The summed E-state index contributed by atoms with van der Waals surface area (Å²) < 4.78 is 5.56. The molecule has 2 heteroatoms. The predicted molar refractivity (Wildman–Crippen MR) is 54.5 cm³/mol. The Kier molecular flexibility index (Phi) is 6.87. The average Bonchev–Trinajstić information content (AvgIpc) is 2.20. The van der Waals surface area contributed by atoms with Crippen LogP contribution < -0.4 is 0 Å². The minimum Gasteiger partial charge on any atom is -0.367 e. The highest BCUT2D eigenvalue weighted by atomic mass is 16.5. The second kappa shape index (κ2) is 7.07. The van der Waals surface area contributed by atoms with Gasteiger partial charge in [0.2, 0.25) is 6.29 Å². The minimum atomic E-state index is -0.631. The molecule has 0 amide bonds. The molecule has 0 rings (SSSR count). The normalized spacial score (nSPS) is 11.6. The second-order valence-corrected chi connectivity index (χ2v) is 3.36. The van der Waals surface area contributed by atoms with Crippen LogP contribution >= 0.6 is 0 Å². The smallest absolute Gasteiger partial charge is 0.233 e. The number of hydrogen-bond donors (Lipinski definition) is 0. The summed E-state index contributed by atoms with van der Waals surface area (Å²) >= 11 is 0. The molecule has 0 heterocycles. The van der Waals surface area contributed by atoms with E-state index in [0.29, 0.717) is 6.61 Å². The van der Waals surface area contributed by atoms with E-state index < -0.39 is 5.60 Å². The molecule has 0 N–H and O–H groups in total. The van der Waals surface area contributed by atoms with E-state index in [1.807, 2.05) is 20.1 Å². The van der Waals surface area contributed by atoms with Crippen LogP contribution in [-0.4, -0.2) is 18.5 Å². The molecule has 2 nitrogen and oxygen atoms in total. The molecule has 0 saturated carbocycles. The predicted octanol–water partition coefficient (Wildman–Crippen LogP) is 2.86. The molecule has 0 unspecified atom stereocenters. The average molecular weight is 185 g/mol. The third-order valence-electron chi connectivity index (χ3n) is 2.45. The van der Waals surface area contributed by atoms with E-state index >= 15 is 0 Å². The molecule has 1 radical (unpaired) electrons. The molecule has 0 spiro atoms. The van der Waals surface area contributed by atoms with Crippen LogP contribution in [0.2, 0.25) is 0 Å². The zero-order chi connectivity index (χ0) is 10.2. The van der Waals surface area contributed by atoms with Gasteiger partial charge in [0, 0.05) is 6.61 Å². The molecule has 0 aromatic heterocycles. The first-order valence-corrected chi connectivity index (χ1v) is 5.28. The maximum atomic E-state index is 10.7. The van der Waals surface area contributed by atoms with Crippen molar-refractivity contribution in [3.63, 3.8) is 0 Å². The highest BCUT2D eigenvalue weighted by molar-refractivity contribution is 5.63. The highest BCUT2D eigenvalue weighted by Crippen LogP contribution is 2.18. The summed E-state index contributed by atoms with van der Waals surface area (Å²) in [5.74, 6) is 0. The first-order valence-electron chi connectivity index (χ1n) is 5.28. The van der Waals surface area contributed by atoms with E-state index in [0.717, 1.165) is 19.3 Å². The Balaban J connectivity index is 3.75. The molecule has 0 fully saturated rings. The molecule has 0 saturated heterocycles. The molecule has 0 aromatic rings. The van der Waals surface area contributed by atoms with Crippen molar-refractivity contribution in [3.05, 3.63) is 0 Å². The van der Waals surface area contributed by atoms with Crippen LogP contribution in [0.15, 0.2) is 0 Å². The van der Waals surface area contributed by atoms with E-state index in [-0.39, 0.29) is 0 Å². The van der Waals surface area contributed by atoms with E-state index in [1.165, 1.54) is 12.8 Å². The lowest BCUT2D eigenvalue weighted by atomic mass is 9.99. The Morgan fingerprint density at radius 2 is 1.77 bits per heavy atom. The van der Waals surface area contributed by atoms with Crippen LogP contribution in [0.4, 0.5) is 0 Å². The molecule has 0 atom stereocenters. The first-order chi connectivity index (χ1) is 6.24. The summed E-state index contributed by atoms with van der Waals surface area (Å²) in [6.45, 7) is 6.77. The second-order valence-electron chi connectivity index (χ2n) is 3.36. The van der Waals surface area contributed by atoms with Gasteiger partial charge in [-0.3, -0.25) is 4.79 Å². The van der Waals surface area contributed by atoms with E-state index in [9.17, 15) is 4.79 Å². The monoisotopic (exact) mass is 185 g/mol. The lowest BCUT2D eigenvalue weighted by molar-refractivity contribution is -0.00162. The lowest BCUT2D eigenvalue weighted by Crippen LogP contribution is -2.33. The summed E-state index contributed by atoms with van der Waals surface area (Å²) in [5.41, 5.74) is -0.631. The van der Waals surface area contributed by atoms with Gasteiger partial charge in [0.1, 0.15) is 5.60 Å². The van der Waals surface area contributed by atoms with E-state index in [2.05, 4.69) is 6.92 Å².